The molecule has 0 aromatic heterocycles. The third-order valence-electron chi connectivity index (χ3n) is 2.68. The second kappa shape index (κ2) is 8.50. The Labute approximate surface area is 114 Å². The number of rotatable bonds is 9. The first-order valence-electron chi connectivity index (χ1n) is 6.42. The Bertz CT molecular complexity index is 396. The molecule has 0 saturated carbocycles. The van der Waals surface area contributed by atoms with Crippen molar-refractivity contribution in [2.75, 3.05) is 20.3 Å². The van der Waals surface area contributed by atoms with Gasteiger partial charge in [-0.05, 0) is 24.1 Å². The van der Waals surface area contributed by atoms with E-state index >= 15 is 0 Å². The molecule has 1 unspecified atom stereocenters. The summed E-state index contributed by atoms with van der Waals surface area (Å²) in [5, 5.41) is 3.25. The summed E-state index contributed by atoms with van der Waals surface area (Å²) < 4.78 is 10.5. The normalized spacial score (nSPS) is 12.1. The number of nitrogens with two attached hydrogens (primary N) is 1. The van der Waals surface area contributed by atoms with Crippen molar-refractivity contribution in [2.24, 2.45) is 5.73 Å². The molecule has 0 radical (unpaired) electrons. The largest absolute Gasteiger partial charge is 0.481 e. The van der Waals surface area contributed by atoms with E-state index in [0.29, 0.717) is 18.8 Å². The minimum Gasteiger partial charge on any atom is -0.481 e. The Morgan fingerprint density at radius 2 is 2.26 bits per heavy atom. The van der Waals surface area contributed by atoms with Gasteiger partial charge in [0.15, 0.2) is 6.10 Å². The number of primary amides is 1. The molecular weight excluding hydrogens is 244 g/mol. The van der Waals surface area contributed by atoms with Crippen LogP contribution in [0.3, 0.4) is 0 Å². The van der Waals surface area contributed by atoms with Crippen molar-refractivity contribution in [3.8, 4) is 5.75 Å². The first kappa shape index (κ1) is 15.5. The first-order valence-corrected chi connectivity index (χ1v) is 6.42. The SMILES string of the molecule is CCC(Oc1cccc(CNCCOC)c1)C(N)=O. The molecule has 1 rings (SSSR count). The summed E-state index contributed by atoms with van der Waals surface area (Å²) in [5.41, 5.74) is 6.35. The van der Waals surface area contributed by atoms with Crippen LogP contribution in [-0.2, 0) is 16.1 Å². The molecule has 3 N–H and O–H groups in total. The zero-order chi connectivity index (χ0) is 14.1. The van der Waals surface area contributed by atoms with E-state index in [2.05, 4.69) is 5.32 Å². The fraction of sp³-hybridized carbons (Fsp3) is 0.500. The van der Waals surface area contributed by atoms with Gasteiger partial charge in [0.25, 0.3) is 5.91 Å². The van der Waals surface area contributed by atoms with Crippen molar-refractivity contribution in [1.29, 1.82) is 0 Å². The Morgan fingerprint density at radius 3 is 2.89 bits per heavy atom. The van der Waals surface area contributed by atoms with Gasteiger partial charge in [0.1, 0.15) is 5.75 Å². The zero-order valence-corrected chi connectivity index (χ0v) is 11.5. The number of carbonyl (C=O) groups is 1. The monoisotopic (exact) mass is 266 g/mol. The maximum Gasteiger partial charge on any atom is 0.258 e. The van der Waals surface area contributed by atoms with Crippen molar-refractivity contribution in [1.82, 2.24) is 5.32 Å². The smallest absolute Gasteiger partial charge is 0.258 e. The Hall–Kier alpha value is -1.59. The van der Waals surface area contributed by atoms with E-state index in [1.165, 1.54) is 0 Å². The highest BCUT2D eigenvalue weighted by Gasteiger charge is 2.14. The number of carbonyl (C=O) groups excluding carboxylic acids is 1. The molecule has 1 aromatic rings. The van der Waals surface area contributed by atoms with Crippen molar-refractivity contribution in [3.05, 3.63) is 29.8 Å². The van der Waals surface area contributed by atoms with Gasteiger partial charge in [0.2, 0.25) is 0 Å². The van der Waals surface area contributed by atoms with E-state index in [0.717, 1.165) is 18.7 Å². The number of hydrogen-bond acceptors (Lipinski definition) is 4. The highest BCUT2D eigenvalue weighted by atomic mass is 16.5. The maximum absolute atomic E-state index is 11.1. The molecule has 106 valence electrons. The van der Waals surface area contributed by atoms with E-state index in [-0.39, 0.29) is 0 Å². The first-order chi connectivity index (χ1) is 9.17. The van der Waals surface area contributed by atoms with E-state index < -0.39 is 12.0 Å². The second-order valence-corrected chi connectivity index (χ2v) is 4.23. The van der Waals surface area contributed by atoms with Gasteiger partial charge in [0.05, 0.1) is 6.61 Å². The van der Waals surface area contributed by atoms with E-state index in [9.17, 15) is 4.79 Å². The molecular formula is C14H22N2O3. The molecule has 0 spiro atoms. The van der Waals surface area contributed by atoms with Crippen LogP contribution in [0.1, 0.15) is 18.9 Å². The summed E-state index contributed by atoms with van der Waals surface area (Å²) in [6.07, 6.45) is -0.0113. The molecule has 1 atom stereocenters. The minimum atomic E-state index is -0.572. The molecule has 1 amide bonds. The summed E-state index contributed by atoms with van der Waals surface area (Å²) in [6.45, 7) is 4.07. The highest BCUT2D eigenvalue weighted by molar-refractivity contribution is 5.79. The van der Waals surface area contributed by atoms with E-state index in [4.69, 9.17) is 15.2 Å². The molecule has 0 aliphatic rings. The maximum atomic E-state index is 11.1. The van der Waals surface area contributed by atoms with Crippen molar-refractivity contribution in [2.45, 2.75) is 26.0 Å². The Morgan fingerprint density at radius 1 is 1.47 bits per heavy atom. The molecule has 0 aliphatic carbocycles. The standard InChI is InChI=1S/C14H22N2O3/c1-3-13(14(15)17)19-12-6-4-5-11(9-12)10-16-7-8-18-2/h4-6,9,13,16H,3,7-8,10H2,1-2H3,(H2,15,17). The van der Waals surface area contributed by atoms with E-state index in [1.54, 1.807) is 7.11 Å². The van der Waals surface area contributed by atoms with Crippen LogP contribution in [0, 0.1) is 0 Å². The van der Waals surface area contributed by atoms with Gasteiger partial charge >= 0.3 is 0 Å². The van der Waals surface area contributed by atoms with Gasteiger partial charge < -0.3 is 20.5 Å². The number of benzene rings is 1. The van der Waals surface area contributed by atoms with Gasteiger partial charge in [-0.3, -0.25) is 4.79 Å². The average molecular weight is 266 g/mol. The lowest BCUT2D eigenvalue weighted by molar-refractivity contribution is -0.124. The highest BCUT2D eigenvalue weighted by Crippen LogP contribution is 2.15. The second-order valence-electron chi connectivity index (χ2n) is 4.23. The zero-order valence-electron chi connectivity index (χ0n) is 11.5. The van der Waals surface area contributed by atoms with Crippen LogP contribution in [0.25, 0.3) is 0 Å². The molecule has 5 nitrogen and oxygen atoms in total. The number of ether oxygens (including phenoxy) is 2. The van der Waals surface area contributed by atoms with Gasteiger partial charge in [0, 0.05) is 20.2 Å². The van der Waals surface area contributed by atoms with Gasteiger partial charge in [-0.1, -0.05) is 19.1 Å². The van der Waals surface area contributed by atoms with Gasteiger partial charge in [-0.2, -0.15) is 0 Å². The fourth-order valence-electron chi connectivity index (χ4n) is 1.64. The average Bonchev–Trinajstić information content (AvgIpc) is 2.41. The lowest BCUT2D eigenvalue weighted by atomic mass is 10.2. The van der Waals surface area contributed by atoms with E-state index in [1.807, 2.05) is 31.2 Å². The third-order valence-corrected chi connectivity index (χ3v) is 2.68. The van der Waals surface area contributed by atoms with Crippen LogP contribution in [0.2, 0.25) is 0 Å². The predicted molar refractivity (Wildman–Crippen MR) is 73.9 cm³/mol. The lowest BCUT2D eigenvalue weighted by Gasteiger charge is -2.14. The van der Waals surface area contributed by atoms with Gasteiger partial charge in [-0.25, -0.2) is 0 Å². The summed E-state index contributed by atoms with van der Waals surface area (Å²) >= 11 is 0. The van der Waals surface area contributed by atoms with Crippen molar-refractivity contribution >= 4 is 5.91 Å². The molecule has 0 heterocycles. The van der Waals surface area contributed by atoms with Crippen LogP contribution in [0.15, 0.2) is 24.3 Å². The molecule has 19 heavy (non-hydrogen) atoms. The van der Waals surface area contributed by atoms with Crippen LogP contribution >= 0.6 is 0 Å². The Balaban J connectivity index is 2.53. The molecule has 1 aromatic carbocycles. The predicted octanol–water partition coefficient (Wildman–Crippen LogP) is 1.07. The van der Waals surface area contributed by atoms with Crippen LogP contribution in [0.4, 0.5) is 0 Å². The minimum absolute atomic E-state index is 0.439. The lowest BCUT2D eigenvalue weighted by Crippen LogP contribution is -2.33. The Kier molecular flexibility index (Phi) is 6.92. The molecule has 5 heteroatoms. The van der Waals surface area contributed by atoms with Crippen molar-refractivity contribution in [3.63, 3.8) is 0 Å². The van der Waals surface area contributed by atoms with Crippen LogP contribution in [0.5, 0.6) is 5.75 Å². The molecule has 0 fully saturated rings. The molecule has 0 bridgehead atoms. The summed E-state index contributed by atoms with van der Waals surface area (Å²) in [7, 11) is 1.67. The van der Waals surface area contributed by atoms with Crippen molar-refractivity contribution < 1.29 is 14.3 Å². The van der Waals surface area contributed by atoms with Gasteiger partial charge in [-0.15, -0.1) is 0 Å². The van der Waals surface area contributed by atoms with Crippen LogP contribution < -0.4 is 15.8 Å². The fourth-order valence-corrected chi connectivity index (χ4v) is 1.64. The van der Waals surface area contributed by atoms with Crippen LogP contribution in [-0.4, -0.2) is 32.3 Å². The number of methoxy groups -OCH3 is 1. The molecule has 0 aliphatic heterocycles. The number of amides is 1. The molecule has 0 saturated heterocycles. The quantitative estimate of drug-likeness (QED) is 0.656. The number of hydrogen-bond donors (Lipinski definition) is 2. The topological polar surface area (TPSA) is 73.6 Å². The number of nitrogens with one attached hydrogen (secondary N) is 1. The summed E-state index contributed by atoms with van der Waals surface area (Å²) in [6, 6.07) is 7.63. The summed E-state index contributed by atoms with van der Waals surface area (Å²) in [4.78, 5) is 11.1. The third kappa shape index (κ3) is 5.72. The summed E-state index contributed by atoms with van der Waals surface area (Å²) in [5.74, 6) is 0.225.